The first kappa shape index (κ1) is 16.5. The number of ether oxygens (including phenoxy) is 1. The zero-order valence-electron chi connectivity index (χ0n) is 13.7. The molecule has 25 heavy (non-hydrogen) atoms. The molecule has 0 fully saturated rings. The minimum atomic E-state index is -0.385. The molecule has 7 heteroatoms. The van der Waals surface area contributed by atoms with E-state index in [-0.39, 0.29) is 5.91 Å². The van der Waals surface area contributed by atoms with Gasteiger partial charge in [0, 0.05) is 5.56 Å². The highest BCUT2D eigenvalue weighted by molar-refractivity contribution is 5.93. The zero-order chi connectivity index (χ0) is 17.5. The Hall–Kier alpha value is -3.35. The van der Waals surface area contributed by atoms with Crippen LogP contribution in [0.1, 0.15) is 29.6 Å². The number of carbonyl (C=O) groups is 1. The number of hydrogen-bond acceptors (Lipinski definition) is 5. The molecule has 3 aromatic rings. The molecule has 0 spiro atoms. The fourth-order valence-electron chi connectivity index (χ4n) is 2.11. The van der Waals surface area contributed by atoms with E-state index in [1.807, 2.05) is 24.3 Å². The zero-order valence-corrected chi connectivity index (χ0v) is 13.7. The van der Waals surface area contributed by atoms with E-state index in [1.54, 1.807) is 18.2 Å². The van der Waals surface area contributed by atoms with E-state index >= 15 is 0 Å². The maximum Gasteiger partial charge on any atom is 0.289 e. The normalized spacial score (nSPS) is 10.9. The fraction of sp³-hybridized carbons (Fsp3) is 0.167. The SMILES string of the molecule is CCCOc1ccc(-c2cc(C(=O)NN=Cc3ccco3)[nH]n2)cc1. The van der Waals surface area contributed by atoms with Gasteiger partial charge in [-0.05, 0) is 48.9 Å². The van der Waals surface area contributed by atoms with E-state index < -0.39 is 0 Å². The number of amides is 1. The van der Waals surface area contributed by atoms with Crippen LogP contribution in [0.15, 0.2) is 58.2 Å². The molecule has 0 atom stereocenters. The number of nitrogens with one attached hydrogen (secondary N) is 2. The van der Waals surface area contributed by atoms with Gasteiger partial charge in [0.2, 0.25) is 0 Å². The maximum absolute atomic E-state index is 12.0. The summed E-state index contributed by atoms with van der Waals surface area (Å²) in [4.78, 5) is 12.0. The third-order valence-electron chi connectivity index (χ3n) is 3.35. The Morgan fingerprint density at radius 2 is 2.20 bits per heavy atom. The topological polar surface area (TPSA) is 92.5 Å². The van der Waals surface area contributed by atoms with Gasteiger partial charge in [0.05, 0.1) is 24.8 Å². The number of hydrogen-bond donors (Lipinski definition) is 2. The Kier molecular flexibility index (Phi) is 5.26. The van der Waals surface area contributed by atoms with Gasteiger partial charge in [-0.25, -0.2) is 5.43 Å². The average Bonchev–Trinajstić information content (AvgIpc) is 3.32. The van der Waals surface area contributed by atoms with Crippen LogP contribution in [0.4, 0.5) is 0 Å². The number of rotatable bonds is 7. The second-order valence-corrected chi connectivity index (χ2v) is 5.25. The smallest absolute Gasteiger partial charge is 0.289 e. The van der Waals surface area contributed by atoms with Crippen LogP contribution < -0.4 is 10.2 Å². The van der Waals surface area contributed by atoms with Crippen molar-refractivity contribution in [1.82, 2.24) is 15.6 Å². The number of aromatic nitrogens is 2. The molecule has 3 rings (SSSR count). The monoisotopic (exact) mass is 338 g/mol. The molecular formula is C18H18N4O3. The summed E-state index contributed by atoms with van der Waals surface area (Å²) in [7, 11) is 0. The maximum atomic E-state index is 12.0. The number of carbonyl (C=O) groups excluding carboxylic acids is 1. The fourth-order valence-corrected chi connectivity index (χ4v) is 2.11. The van der Waals surface area contributed by atoms with Crippen molar-refractivity contribution in [3.8, 4) is 17.0 Å². The van der Waals surface area contributed by atoms with E-state index in [4.69, 9.17) is 9.15 Å². The quantitative estimate of drug-likeness (QED) is 0.511. The summed E-state index contributed by atoms with van der Waals surface area (Å²) in [6, 6.07) is 12.7. The molecule has 7 nitrogen and oxygen atoms in total. The van der Waals surface area contributed by atoms with Crippen LogP contribution in [0.25, 0.3) is 11.3 Å². The molecule has 0 aliphatic heterocycles. The highest BCUT2D eigenvalue weighted by atomic mass is 16.5. The molecule has 0 unspecified atom stereocenters. The molecule has 0 aliphatic rings. The van der Waals surface area contributed by atoms with Gasteiger partial charge < -0.3 is 9.15 Å². The standard InChI is InChI=1S/C18H18N4O3/c1-2-9-24-14-7-5-13(6-8-14)16-11-17(21-20-16)18(23)22-19-12-15-4-3-10-25-15/h3-8,10-12H,2,9H2,1H3,(H,20,21)(H,22,23). The van der Waals surface area contributed by atoms with Crippen LogP contribution in [0, 0.1) is 0 Å². The largest absolute Gasteiger partial charge is 0.494 e. The first-order chi connectivity index (χ1) is 12.3. The summed E-state index contributed by atoms with van der Waals surface area (Å²) in [6.07, 6.45) is 3.91. The molecule has 0 bridgehead atoms. The van der Waals surface area contributed by atoms with Crippen molar-refractivity contribution in [3.05, 3.63) is 60.2 Å². The molecule has 2 aromatic heterocycles. The van der Waals surface area contributed by atoms with Gasteiger partial charge in [0.1, 0.15) is 17.2 Å². The van der Waals surface area contributed by atoms with Crippen molar-refractivity contribution in [2.24, 2.45) is 5.10 Å². The van der Waals surface area contributed by atoms with Crippen LogP contribution >= 0.6 is 0 Å². The third-order valence-corrected chi connectivity index (χ3v) is 3.35. The Morgan fingerprint density at radius 1 is 1.36 bits per heavy atom. The van der Waals surface area contributed by atoms with E-state index in [0.717, 1.165) is 17.7 Å². The van der Waals surface area contributed by atoms with E-state index in [1.165, 1.54) is 12.5 Å². The van der Waals surface area contributed by atoms with Crippen molar-refractivity contribution >= 4 is 12.1 Å². The van der Waals surface area contributed by atoms with Crippen molar-refractivity contribution in [2.45, 2.75) is 13.3 Å². The van der Waals surface area contributed by atoms with Gasteiger partial charge in [0.25, 0.3) is 5.91 Å². The number of nitrogens with zero attached hydrogens (tertiary/aromatic N) is 2. The molecule has 0 saturated heterocycles. The average molecular weight is 338 g/mol. The molecule has 0 saturated carbocycles. The number of furan rings is 1. The van der Waals surface area contributed by atoms with Crippen LogP contribution in [0.5, 0.6) is 5.75 Å². The van der Waals surface area contributed by atoms with Gasteiger partial charge >= 0.3 is 0 Å². The molecule has 1 amide bonds. The Labute approximate surface area is 144 Å². The predicted octanol–water partition coefficient (Wildman–Crippen LogP) is 3.22. The molecule has 0 radical (unpaired) electrons. The summed E-state index contributed by atoms with van der Waals surface area (Å²) >= 11 is 0. The van der Waals surface area contributed by atoms with Gasteiger partial charge in [0.15, 0.2) is 0 Å². The van der Waals surface area contributed by atoms with Crippen molar-refractivity contribution in [1.29, 1.82) is 0 Å². The Morgan fingerprint density at radius 3 is 2.92 bits per heavy atom. The van der Waals surface area contributed by atoms with Crippen LogP contribution in [-0.2, 0) is 0 Å². The van der Waals surface area contributed by atoms with Crippen molar-refractivity contribution in [3.63, 3.8) is 0 Å². The van der Waals surface area contributed by atoms with Gasteiger partial charge in [-0.15, -0.1) is 0 Å². The third kappa shape index (κ3) is 4.35. The first-order valence-corrected chi connectivity index (χ1v) is 7.92. The first-order valence-electron chi connectivity index (χ1n) is 7.92. The molecule has 0 aliphatic carbocycles. The number of hydrazone groups is 1. The lowest BCUT2D eigenvalue weighted by Crippen LogP contribution is -2.17. The van der Waals surface area contributed by atoms with Crippen LogP contribution in [-0.4, -0.2) is 28.9 Å². The highest BCUT2D eigenvalue weighted by Gasteiger charge is 2.10. The van der Waals surface area contributed by atoms with Crippen LogP contribution in [0.3, 0.4) is 0 Å². The second kappa shape index (κ2) is 7.96. The minimum Gasteiger partial charge on any atom is -0.494 e. The van der Waals surface area contributed by atoms with Gasteiger partial charge in [-0.3, -0.25) is 9.89 Å². The lowest BCUT2D eigenvalue weighted by atomic mass is 10.1. The molecule has 2 heterocycles. The number of H-pyrrole nitrogens is 1. The summed E-state index contributed by atoms with van der Waals surface area (Å²) in [6.45, 7) is 2.74. The summed E-state index contributed by atoms with van der Waals surface area (Å²) in [5.74, 6) is 0.979. The van der Waals surface area contributed by atoms with E-state index in [0.29, 0.717) is 23.8 Å². The number of aromatic amines is 1. The minimum absolute atomic E-state index is 0.318. The summed E-state index contributed by atoms with van der Waals surface area (Å²) in [5, 5.41) is 10.7. The van der Waals surface area contributed by atoms with Gasteiger partial charge in [-0.1, -0.05) is 6.92 Å². The lowest BCUT2D eigenvalue weighted by Gasteiger charge is -2.04. The Balaban J connectivity index is 1.62. The van der Waals surface area contributed by atoms with Gasteiger partial charge in [-0.2, -0.15) is 10.2 Å². The predicted molar refractivity (Wildman–Crippen MR) is 93.6 cm³/mol. The van der Waals surface area contributed by atoms with E-state index in [2.05, 4.69) is 27.6 Å². The lowest BCUT2D eigenvalue weighted by molar-refractivity contribution is 0.0950. The van der Waals surface area contributed by atoms with Crippen LogP contribution in [0.2, 0.25) is 0 Å². The molecule has 1 aromatic carbocycles. The molecular weight excluding hydrogens is 320 g/mol. The van der Waals surface area contributed by atoms with Crippen molar-refractivity contribution < 1.29 is 13.9 Å². The summed E-state index contributed by atoms with van der Waals surface area (Å²) in [5.41, 5.74) is 4.29. The van der Waals surface area contributed by atoms with Crippen molar-refractivity contribution in [2.75, 3.05) is 6.61 Å². The summed E-state index contributed by atoms with van der Waals surface area (Å²) < 4.78 is 10.6. The van der Waals surface area contributed by atoms with E-state index in [9.17, 15) is 4.79 Å². The second-order valence-electron chi connectivity index (χ2n) is 5.25. The highest BCUT2D eigenvalue weighted by Crippen LogP contribution is 2.21. The Bertz CT molecular complexity index is 836. The molecule has 2 N–H and O–H groups in total. The molecule has 128 valence electrons. The number of benzene rings is 1.